The number of carbonyl (C=O) groups excluding carboxylic acids is 1. The molecule has 2 N–H and O–H groups in total. The van der Waals surface area contributed by atoms with Crippen LogP contribution in [0.3, 0.4) is 0 Å². The zero-order chi connectivity index (χ0) is 22.6. The van der Waals surface area contributed by atoms with Crippen molar-refractivity contribution in [2.24, 2.45) is 0 Å². The molecule has 1 atom stereocenters. The van der Waals surface area contributed by atoms with Crippen LogP contribution in [0.1, 0.15) is 5.56 Å². The van der Waals surface area contributed by atoms with Gasteiger partial charge in [-0.1, -0.05) is 48.5 Å². The fourth-order valence-corrected chi connectivity index (χ4v) is 5.22. The van der Waals surface area contributed by atoms with Crippen LogP contribution < -0.4 is 14.8 Å². The molecule has 0 spiro atoms. The van der Waals surface area contributed by atoms with Crippen LogP contribution in [0.4, 0.5) is 5.69 Å². The van der Waals surface area contributed by atoms with Crippen molar-refractivity contribution in [2.45, 2.75) is 17.4 Å². The average molecular weight is 469 g/mol. The van der Waals surface area contributed by atoms with E-state index in [4.69, 9.17) is 4.74 Å². The van der Waals surface area contributed by atoms with Gasteiger partial charge in [-0.3, -0.25) is 4.79 Å². The first-order valence-corrected chi connectivity index (χ1v) is 11.9. The van der Waals surface area contributed by atoms with E-state index in [2.05, 4.69) is 18.8 Å². The molecule has 1 amide bonds. The number of hydrogen-bond acceptors (Lipinski definition) is 7. The third-order valence-electron chi connectivity index (χ3n) is 4.80. The third kappa shape index (κ3) is 4.77. The summed E-state index contributed by atoms with van der Waals surface area (Å²) in [5, 5.41) is 2.77. The number of amides is 1. The predicted octanol–water partition coefficient (Wildman–Crippen LogP) is 3.23. The Labute approximate surface area is 189 Å². The van der Waals surface area contributed by atoms with Crippen molar-refractivity contribution < 1.29 is 17.9 Å². The molecule has 4 aromatic rings. The summed E-state index contributed by atoms with van der Waals surface area (Å²) in [7, 11) is -2.57. The van der Waals surface area contributed by atoms with E-state index in [1.165, 1.54) is 13.2 Å². The molecule has 0 saturated heterocycles. The first kappa shape index (κ1) is 21.9. The van der Waals surface area contributed by atoms with Gasteiger partial charge in [-0.15, -0.1) is 0 Å². The van der Waals surface area contributed by atoms with E-state index in [9.17, 15) is 13.2 Å². The highest BCUT2D eigenvalue weighted by atomic mass is 32.2. The molecule has 3 aromatic carbocycles. The molecule has 0 bridgehead atoms. The second kappa shape index (κ2) is 9.43. The van der Waals surface area contributed by atoms with Crippen molar-refractivity contribution in [1.29, 1.82) is 0 Å². The van der Waals surface area contributed by atoms with Gasteiger partial charge < -0.3 is 10.1 Å². The molecular weight excluding hydrogens is 448 g/mol. The summed E-state index contributed by atoms with van der Waals surface area (Å²) in [6.45, 7) is 0. The van der Waals surface area contributed by atoms with Gasteiger partial charge in [-0.25, -0.2) is 8.42 Å². The van der Waals surface area contributed by atoms with Crippen molar-refractivity contribution in [3.63, 3.8) is 0 Å². The maximum atomic E-state index is 13.2. The largest absolute Gasteiger partial charge is 0.495 e. The van der Waals surface area contributed by atoms with Crippen LogP contribution in [0.25, 0.3) is 11.0 Å². The van der Waals surface area contributed by atoms with Crippen LogP contribution in [0.5, 0.6) is 5.75 Å². The van der Waals surface area contributed by atoms with Crippen LogP contribution in [0.15, 0.2) is 77.7 Å². The fourth-order valence-electron chi connectivity index (χ4n) is 3.25. The zero-order valence-electron chi connectivity index (χ0n) is 17.1. The number of hydrogen-bond donors (Lipinski definition) is 2. The van der Waals surface area contributed by atoms with E-state index in [1.807, 2.05) is 30.3 Å². The second-order valence-electron chi connectivity index (χ2n) is 6.94. The number of carbonyl (C=O) groups is 1. The molecule has 0 unspecified atom stereocenters. The summed E-state index contributed by atoms with van der Waals surface area (Å²) < 4.78 is 42.5. The SMILES string of the molecule is COc1ccccc1NC(=O)[C@@H](Cc1ccccc1)NS(=O)(=O)c1cccc2nsnc12. The van der Waals surface area contributed by atoms with Crippen molar-refractivity contribution in [3.05, 3.63) is 78.4 Å². The van der Waals surface area contributed by atoms with Crippen molar-refractivity contribution in [1.82, 2.24) is 13.5 Å². The van der Waals surface area contributed by atoms with Crippen LogP contribution in [0, 0.1) is 0 Å². The maximum absolute atomic E-state index is 13.2. The molecule has 0 fully saturated rings. The summed E-state index contributed by atoms with van der Waals surface area (Å²) in [5.41, 5.74) is 2.01. The Morgan fingerprint density at radius 1 is 1.00 bits per heavy atom. The Kier molecular flexibility index (Phi) is 6.45. The molecule has 1 aromatic heterocycles. The third-order valence-corrected chi connectivity index (χ3v) is 6.85. The molecule has 164 valence electrons. The lowest BCUT2D eigenvalue weighted by Gasteiger charge is -2.19. The molecule has 0 aliphatic heterocycles. The zero-order valence-corrected chi connectivity index (χ0v) is 18.7. The molecular formula is C22H20N4O4S2. The maximum Gasteiger partial charge on any atom is 0.243 e. The first-order chi connectivity index (χ1) is 15.5. The van der Waals surface area contributed by atoms with E-state index in [1.54, 1.807) is 36.4 Å². The number of nitrogens with zero attached hydrogens (tertiary/aromatic N) is 2. The molecule has 32 heavy (non-hydrogen) atoms. The normalized spacial score (nSPS) is 12.4. The lowest BCUT2D eigenvalue weighted by molar-refractivity contribution is -0.117. The predicted molar refractivity (Wildman–Crippen MR) is 123 cm³/mol. The number of benzene rings is 3. The lowest BCUT2D eigenvalue weighted by Crippen LogP contribution is -2.45. The summed E-state index contributed by atoms with van der Waals surface area (Å²) in [6, 6.07) is 19.8. The Hall–Kier alpha value is -3.34. The molecule has 0 radical (unpaired) electrons. The molecule has 0 saturated carbocycles. The van der Waals surface area contributed by atoms with Crippen molar-refractivity contribution in [2.75, 3.05) is 12.4 Å². The topological polar surface area (TPSA) is 110 Å². The van der Waals surface area contributed by atoms with Gasteiger partial charge in [0.05, 0.1) is 24.5 Å². The molecule has 10 heteroatoms. The van der Waals surface area contributed by atoms with Crippen molar-refractivity contribution in [3.8, 4) is 5.75 Å². The number of sulfonamides is 1. The number of aromatic nitrogens is 2. The highest BCUT2D eigenvalue weighted by Crippen LogP contribution is 2.24. The van der Waals surface area contributed by atoms with Gasteiger partial charge in [0, 0.05) is 0 Å². The highest BCUT2D eigenvalue weighted by Gasteiger charge is 2.28. The Morgan fingerprint density at radius 2 is 1.75 bits per heavy atom. The van der Waals surface area contributed by atoms with Gasteiger partial charge in [0.15, 0.2) is 0 Å². The van der Waals surface area contributed by atoms with Gasteiger partial charge in [0.2, 0.25) is 15.9 Å². The monoisotopic (exact) mass is 468 g/mol. The number of rotatable bonds is 8. The lowest BCUT2D eigenvalue weighted by atomic mass is 10.1. The molecule has 1 heterocycles. The molecule has 0 aliphatic carbocycles. The molecule has 4 rings (SSSR count). The average Bonchev–Trinajstić information content (AvgIpc) is 3.28. The Balaban J connectivity index is 1.66. The van der Waals surface area contributed by atoms with Gasteiger partial charge >= 0.3 is 0 Å². The van der Waals surface area contributed by atoms with Crippen LogP contribution in [-0.2, 0) is 21.2 Å². The number of ether oxygens (including phenoxy) is 1. The summed E-state index contributed by atoms with van der Waals surface area (Å²) in [5.74, 6) is -0.0361. The van der Waals surface area contributed by atoms with Crippen LogP contribution in [-0.4, -0.2) is 36.2 Å². The van der Waals surface area contributed by atoms with Gasteiger partial charge in [0.1, 0.15) is 27.7 Å². The van der Waals surface area contributed by atoms with E-state index >= 15 is 0 Å². The number of anilines is 1. The summed E-state index contributed by atoms with van der Waals surface area (Å²) in [6.07, 6.45) is 0.159. The Bertz CT molecular complexity index is 1340. The summed E-state index contributed by atoms with van der Waals surface area (Å²) >= 11 is 0.931. The highest BCUT2D eigenvalue weighted by molar-refractivity contribution is 7.89. The minimum Gasteiger partial charge on any atom is -0.495 e. The quantitative estimate of drug-likeness (QED) is 0.411. The minimum atomic E-state index is -4.07. The number of para-hydroxylation sites is 2. The number of methoxy groups -OCH3 is 1. The van der Waals surface area contributed by atoms with Crippen LogP contribution in [0.2, 0.25) is 0 Å². The minimum absolute atomic E-state index is 0.0214. The number of nitrogens with one attached hydrogen (secondary N) is 2. The van der Waals surface area contributed by atoms with Gasteiger partial charge in [-0.05, 0) is 36.2 Å². The van der Waals surface area contributed by atoms with Gasteiger partial charge in [-0.2, -0.15) is 13.5 Å². The van der Waals surface area contributed by atoms with E-state index in [0.29, 0.717) is 17.0 Å². The number of fused-ring (bicyclic) bond motifs is 1. The van der Waals surface area contributed by atoms with E-state index < -0.39 is 22.0 Å². The van der Waals surface area contributed by atoms with Crippen molar-refractivity contribution >= 4 is 44.4 Å². The smallest absolute Gasteiger partial charge is 0.243 e. The molecule has 0 aliphatic rings. The Morgan fingerprint density at radius 3 is 2.53 bits per heavy atom. The standard InChI is InChI=1S/C22H20N4O4S2/c1-30-19-12-6-5-10-16(19)23-22(27)18(14-15-8-3-2-4-9-15)26-32(28,29)20-13-7-11-17-21(20)25-31-24-17/h2-13,18,26H,14H2,1H3,(H,23,27)/t18-/m1/s1. The van der Waals surface area contributed by atoms with E-state index in [-0.39, 0.29) is 16.8 Å². The van der Waals surface area contributed by atoms with E-state index in [0.717, 1.165) is 17.3 Å². The van der Waals surface area contributed by atoms with Gasteiger partial charge in [0.25, 0.3) is 0 Å². The molecule has 8 nitrogen and oxygen atoms in total. The fraction of sp³-hybridized carbons (Fsp3) is 0.136. The second-order valence-corrected chi connectivity index (χ2v) is 9.15. The summed E-state index contributed by atoms with van der Waals surface area (Å²) in [4.78, 5) is 13.2. The van der Waals surface area contributed by atoms with Crippen LogP contribution >= 0.6 is 11.7 Å². The first-order valence-electron chi connectivity index (χ1n) is 9.69.